The molecule has 0 aromatic carbocycles. The van der Waals surface area contributed by atoms with Crippen molar-refractivity contribution in [1.29, 1.82) is 0 Å². The summed E-state index contributed by atoms with van der Waals surface area (Å²) in [6.07, 6.45) is 4.98. The molecule has 1 rings (SSSR count). The van der Waals surface area contributed by atoms with Crippen molar-refractivity contribution >= 4 is 5.84 Å². The van der Waals surface area contributed by atoms with Crippen LogP contribution in [-0.2, 0) is 0 Å². The maximum atomic E-state index is 5.00. The summed E-state index contributed by atoms with van der Waals surface area (Å²) >= 11 is 0. The molecule has 0 saturated carbocycles. The second-order valence-corrected chi connectivity index (χ2v) is 3.71. The molecule has 0 spiro atoms. The van der Waals surface area contributed by atoms with Crippen molar-refractivity contribution in [3.8, 4) is 11.8 Å². The van der Waals surface area contributed by atoms with Gasteiger partial charge in [0.25, 0.3) is 0 Å². The minimum absolute atomic E-state index is 0.196. The van der Waals surface area contributed by atoms with E-state index in [1.807, 2.05) is 6.92 Å². The first-order chi connectivity index (χ1) is 7.20. The molecule has 0 amide bonds. The molecule has 3 heteroatoms. The van der Waals surface area contributed by atoms with Gasteiger partial charge < -0.3 is 5.32 Å². The molecule has 1 fully saturated rings. The summed E-state index contributed by atoms with van der Waals surface area (Å²) in [5.41, 5.74) is 5.00. The second-order valence-electron chi connectivity index (χ2n) is 3.71. The average Bonchev–Trinajstić information content (AvgIpc) is 2.28. The van der Waals surface area contributed by atoms with Crippen molar-refractivity contribution in [3.63, 3.8) is 0 Å². The van der Waals surface area contributed by atoms with Crippen LogP contribution in [0.4, 0.5) is 0 Å². The molecule has 1 saturated heterocycles. The Hall–Kier alpha value is -1.01. The fourth-order valence-corrected chi connectivity index (χ4v) is 1.48. The number of nitrogens with one attached hydrogen (secondary N) is 1. The molecule has 5 N–H and O–H groups in total. The van der Waals surface area contributed by atoms with E-state index in [0.717, 1.165) is 12.3 Å². The first-order valence-corrected chi connectivity index (χ1v) is 5.78. The van der Waals surface area contributed by atoms with Crippen LogP contribution in [0.2, 0.25) is 0 Å². The first kappa shape index (κ1) is 14.0. The zero-order chi connectivity index (χ0) is 11.5. The maximum absolute atomic E-state index is 5.00. The van der Waals surface area contributed by atoms with E-state index in [-0.39, 0.29) is 5.84 Å². The SMILES string of the molecule is CCC#CC(N)=[NH2+].CCC1CCNCC1. The van der Waals surface area contributed by atoms with E-state index in [0.29, 0.717) is 0 Å². The van der Waals surface area contributed by atoms with Gasteiger partial charge in [0.1, 0.15) is 0 Å². The van der Waals surface area contributed by atoms with Crippen LogP contribution in [0.5, 0.6) is 0 Å². The molecular formula is C12H24N3+. The van der Waals surface area contributed by atoms with Crippen LogP contribution in [0, 0.1) is 17.8 Å². The van der Waals surface area contributed by atoms with Gasteiger partial charge in [0.15, 0.2) is 0 Å². The highest BCUT2D eigenvalue weighted by Gasteiger charge is 2.08. The number of rotatable bonds is 1. The van der Waals surface area contributed by atoms with Gasteiger partial charge in [-0.05, 0) is 31.8 Å². The van der Waals surface area contributed by atoms with E-state index in [2.05, 4.69) is 24.1 Å². The number of amidine groups is 1. The fourth-order valence-electron chi connectivity index (χ4n) is 1.48. The van der Waals surface area contributed by atoms with Crippen LogP contribution in [-0.4, -0.2) is 18.9 Å². The van der Waals surface area contributed by atoms with Crippen molar-refractivity contribution in [2.45, 2.75) is 39.5 Å². The van der Waals surface area contributed by atoms with Crippen molar-refractivity contribution in [2.75, 3.05) is 13.1 Å². The molecule has 0 bridgehead atoms. The molecule has 0 aliphatic carbocycles. The number of hydrogen-bond donors (Lipinski definition) is 3. The largest absolute Gasteiger partial charge is 0.317 e. The van der Waals surface area contributed by atoms with E-state index in [4.69, 9.17) is 11.1 Å². The monoisotopic (exact) mass is 210 g/mol. The Kier molecular flexibility index (Phi) is 8.90. The first-order valence-electron chi connectivity index (χ1n) is 5.78. The van der Waals surface area contributed by atoms with Gasteiger partial charge in [0.2, 0.25) is 0 Å². The third-order valence-corrected chi connectivity index (χ3v) is 2.45. The highest BCUT2D eigenvalue weighted by molar-refractivity contribution is 5.91. The second kappa shape index (κ2) is 9.54. The minimum atomic E-state index is 0.196. The zero-order valence-corrected chi connectivity index (χ0v) is 9.97. The van der Waals surface area contributed by atoms with Gasteiger partial charge in [-0.3, -0.25) is 11.1 Å². The highest BCUT2D eigenvalue weighted by atomic mass is 14.9. The van der Waals surface area contributed by atoms with Gasteiger partial charge in [-0.25, -0.2) is 0 Å². The lowest BCUT2D eigenvalue weighted by molar-refractivity contribution is -0.112. The molecule has 1 aliphatic heterocycles. The van der Waals surface area contributed by atoms with Gasteiger partial charge in [0.05, 0.1) is 0 Å². The van der Waals surface area contributed by atoms with Crippen molar-refractivity contribution < 1.29 is 5.41 Å². The summed E-state index contributed by atoms with van der Waals surface area (Å²) in [5, 5.41) is 8.35. The summed E-state index contributed by atoms with van der Waals surface area (Å²) in [6.45, 7) is 6.73. The third kappa shape index (κ3) is 9.30. The van der Waals surface area contributed by atoms with Crippen LogP contribution in [0.1, 0.15) is 39.5 Å². The molecule has 0 radical (unpaired) electrons. The fraction of sp³-hybridized carbons (Fsp3) is 0.750. The van der Waals surface area contributed by atoms with E-state index in [9.17, 15) is 0 Å². The maximum Gasteiger partial charge on any atom is 0.316 e. The van der Waals surface area contributed by atoms with Gasteiger partial charge in [0, 0.05) is 12.3 Å². The summed E-state index contributed by atoms with van der Waals surface area (Å²) < 4.78 is 0. The van der Waals surface area contributed by atoms with E-state index in [1.165, 1.54) is 32.4 Å². The summed E-state index contributed by atoms with van der Waals surface area (Å²) in [7, 11) is 0. The topological polar surface area (TPSA) is 63.6 Å². The van der Waals surface area contributed by atoms with Crippen LogP contribution >= 0.6 is 0 Å². The normalized spacial score (nSPS) is 15.6. The molecule has 0 atom stereocenters. The lowest BCUT2D eigenvalue weighted by Gasteiger charge is -2.20. The Morgan fingerprint density at radius 3 is 2.27 bits per heavy atom. The van der Waals surface area contributed by atoms with Gasteiger partial charge >= 0.3 is 5.84 Å². The van der Waals surface area contributed by atoms with Crippen molar-refractivity contribution in [1.82, 2.24) is 5.32 Å². The van der Waals surface area contributed by atoms with E-state index in [1.54, 1.807) is 0 Å². The summed E-state index contributed by atoms with van der Waals surface area (Å²) in [6, 6.07) is 0. The Labute approximate surface area is 93.3 Å². The molecule has 15 heavy (non-hydrogen) atoms. The van der Waals surface area contributed by atoms with Crippen LogP contribution in [0.25, 0.3) is 0 Å². The highest BCUT2D eigenvalue weighted by Crippen LogP contribution is 2.13. The number of hydrogen-bond acceptors (Lipinski definition) is 1. The predicted molar refractivity (Wildman–Crippen MR) is 65.1 cm³/mol. The number of nitrogens with two attached hydrogens (primary N) is 2. The zero-order valence-electron chi connectivity index (χ0n) is 9.97. The summed E-state index contributed by atoms with van der Waals surface area (Å²) in [5.74, 6) is 6.45. The minimum Gasteiger partial charge on any atom is -0.317 e. The van der Waals surface area contributed by atoms with Gasteiger partial charge in [-0.2, -0.15) is 0 Å². The van der Waals surface area contributed by atoms with E-state index < -0.39 is 0 Å². The Morgan fingerprint density at radius 1 is 1.40 bits per heavy atom. The standard InChI is InChI=1S/C7H15N.C5H8N2/c1-2-7-3-5-8-6-4-7;1-2-3-4-5(6)7/h7-8H,2-6H2,1H3;2H2,1H3,(H3,6,7)/p+1. The van der Waals surface area contributed by atoms with Gasteiger partial charge in [-0.15, -0.1) is 0 Å². The average molecular weight is 210 g/mol. The lowest BCUT2D eigenvalue weighted by Crippen LogP contribution is -2.44. The molecule has 86 valence electrons. The van der Waals surface area contributed by atoms with Crippen LogP contribution in [0.15, 0.2) is 0 Å². The molecule has 0 aromatic rings. The van der Waals surface area contributed by atoms with Crippen LogP contribution in [0.3, 0.4) is 0 Å². The van der Waals surface area contributed by atoms with Crippen LogP contribution < -0.4 is 16.5 Å². The summed E-state index contributed by atoms with van der Waals surface area (Å²) in [4.78, 5) is 0. The third-order valence-electron chi connectivity index (χ3n) is 2.45. The molecular weight excluding hydrogens is 186 g/mol. The van der Waals surface area contributed by atoms with Gasteiger partial charge in [-0.1, -0.05) is 26.2 Å². The van der Waals surface area contributed by atoms with Crippen molar-refractivity contribution in [3.05, 3.63) is 0 Å². The molecule has 3 nitrogen and oxygen atoms in total. The quantitative estimate of drug-likeness (QED) is 0.322. The predicted octanol–water partition coefficient (Wildman–Crippen LogP) is -0.0879. The Bertz CT molecular complexity index is 219. The van der Waals surface area contributed by atoms with E-state index >= 15 is 0 Å². The molecule has 0 aromatic heterocycles. The lowest BCUT2D eigenvalue weighted by atomic mass is 9.96. The Balaban J connectivity index is 0.000000265. The molecule has 1 heterocycles. The van der Waals surface area contributed by atoms with Crippen molar-refractivity contribution in [2.24, 2.45) is 11.7 Å². The molecule has 1 aliphatic rings. The number of piperidine rings is 1. The Morgan fingerprint density at radius 2 is 2.00 bits per heavy atom. The molecule has 0 unspecified atom stereocenters. The smallest absolute Gasteiger partial charge is 0.316 e.